The van der Waals surface area contributed by atoms with Gasteiger partial charge in [-0.3, -0.25) is 9.59 Å². The summed E-state index contributed by atoms with van der Waals surface area (Å²) in [6.07, 6.45) is 4.31. The van der Waals surface area contributed by atoms with Gasteiger partial charge in [0.15, 0.2) is 0 Å². The van der Waals surface area contributed by atoms with E-state index >= 15 is 0 Å². The van der Waals surface area contributed by atoms with Crippen molar-refractivity contribution in [3.63, 3.8) is 0 Å². The largest absolute Gasteiger partial charge is 0.481 e. The fraction of sp³-hybridized carbons (Fsp3) is 0.867. The summed E-state index contributed by atoms with van der Waals surface area (Å²) in [4.78, 5) is 23.8. The smallest absolute Gasteiger partial charge is 0.311 e. The van der Waals surface area contributed by atoms with Crippen LogP contribution < -0.4 is 11.1 Å². The number of nitrogens with one attached hydrogen (secondary N) is 1. The lowest BCUT2D eigenvalue weighted by Crippen LogP contribution is -2.49. The van der Waals surface area contributed by atoms with Gasteiger partial charge < -0.3 is 16.2 Å². The predicted octanol–water partition coefficient (Wildman–Crippen LogP) is 1.37. The molecule has 1 amide bonds. The standard InChI is InChI=1S/C15H26N2O3/c1-3-15(4-2,14(19)20)8-17-13(18)11-9-5-6-10(7-9)12(11)16/h9-12H,3-8,16H2,1-2H3,(H,17,18)(H,19,20). The molecule has 2 bridgehead atoms. The number of amides is 1. The van der Waals surface area contributed by atoms with Gasteiger partial charge in [-0.05, 0) is 43.9 Å². The van der Waals surface area contributed by atoms with Gasteiger partial charge in [0.1, 0.15) is 0 Å². The van der Waals surface area contributed by atoms with Crippen molar-refractivity contribution in [3.8, 4) is 0 Å². The minimum absolute atomic E-state index is 0.0442. The average molecular weight is 282 g/mol. The lowest BCUT2D eigenvalue weighted by molar-refractivity contribution is -0.149. The van der Waals surface area contributed by atoms with Gasteiger partial charge in [-0.1, -0.05) is 13.8 Å². The molecule has 0 saturated heterocycles. The van der Waals surface area contributed by atoms with Gasteiger partial charge in [-0.25, -0.2) is 0 Å². The van der Waals surface area contributed by atoms with E-state index in [1.54, 1.807) is 0 Å². The molecule has 4 atom stereocenters. The fourth-order valence-electron chi connectivity index (χ4n) is 3.98. The third-order valence-electron chi connectivity index (χ3n) is 5.69. The molecule has 2 rings (SSSR count). The van der Waals surface area contributed by atoms with Gasteiger partial charge in [0.25, 0.3) is 0 Å². The first-order valence-corrected chi connectivity index (χ1v) is 7.72. The van der Waals surface area contributed by atoms with E-state index in [4.69, 9.17) is 5.73 Å². The van der Waals surface area contributed by atoms with Crippen LogP contribution in [0.15, 0.2) is 0 Å². The molecule has 0 aliphatic heterocycles. The van der Waals surface area contributed by atoms with Crippen molar-refractivity contribution < 1.29 is 14.7 Å². The molecule has 4 unspecified atom stereocenters. The molecule has 0 radical (unpaired) electrons. The van der Waals surface area contributed by atoms with Crippen molar-refractivity contribution in [2.24, 2.45) is 28.9 Å². The minimum atomic E-state index is -0.850. The zero-order chi connectivity index (χ0) is 14.9. The van der Waals surface area contributed by atoms with Crippen molar-refractivity contribution in [3.05, 3.63) is 0 Å². The highest BCUT2D eigenvalue weighted by atomic mass is 16.4. The SMILES string of the molecule is CCC(CC)(CNC(=O)C1C2CCC(C2)C1N)C(=O)O. The van der Waals surface area contributed by atoms with Crippen LogP contribution in [0.1, 0.15) is 46.0 Å². The minimum Gasteiger partial charge on any atom is -0.481 e. The highest BCUT2D eigenvalue weighted by Gasteiger charge is 2.49. The molecule has 20 heavy (non-hydrogen) atoms. The van der Waals surface area contributed by atoms with E-state index in [0.717, 1.165) is 19.3 Å². The second-order valence-electron chi connectivity index (χ2n) is 6.45. The van der Waals surface area contributed by atoms with E-state index in [2.05, 4.69) is 5.32 Å². The Balaban J connectivity index is 1.97. The van der Waals surface area contributed by atoms with Crippen LogP contribution in [0.5, 0.6) is 0 Å². The molecule has 0 aromatic carbocycles. The number of rotatable bonds is 6. The van der Waals surface area contributed by atoms with Crippen LogP contribution in [0.25, 0.3) is 0 Å². The molecule has 4 N–H and O–H groups in total. The zero-order valence-electron chi connectivity index (χ0n) is 12.4. The van der Waals surface area contributed by atoms with Crippen LogP contribution in [0.2, 0.25) is 0 Å². The summed E-state index contributed by atoms with van der Waals surface area (Å²) >= 11 is 0. The quantitative estimate of drug-likeness (QED) is 0.686. The maximum absolute atomic E-state index is 12.4. The van der Waals surface area contributed by atoms with E-state index in [9.17, 15) is 14.7 Å². The molecule has 2 fully saturated rings. The normalized spacial score (nSPS) is 32.4. The van der Waals surface area contributed by atoms with Crippen LogP contribution in [0.3, 0.4) is 0 Å². The van der Waals surface area contributed by atoms with Crippen molar-refractivity contribution >= 4 is 11.9 Å². The highest BCUT2D eigenvalue weighted by molar-refractivity contribution is 5.82. The first kappa shape index (κ1) is 15.3. The summed E-state index contributed by atoms with van der Waals surface area (Å²) in [5.41, 5.74) is 5.30. The summed E-state index contributed by atoms with van der Waals surface area (Å²) in [7, 11) is 0. The number of carbonyl (C=O) groups is 2. The predicted molar refractivity (Wildman–Crippen MR) is 76.0 cm³/mol. The maximum atomic E-state index is 12.4. The second-order valence-corrected chi connectivity index (χ2v) is 6.45. The van der Waals surface area contributed by atoms with Crippen LogP contribution in [0.4, 0.5) is 0 Å². The Morgan fingerprint density at radius 2 is 1.85 bits per heavy atom. The lowest BCUT2D eigenvalue weighted by Gasteiger charge is -2.30. The molecule has 114 valence electrons. The number of carboxylic acid groups (broad SMARTS) is 1. The van der Waals surface area contributed by atoms with Crippen molar-refractivity contribution in [1.29, 1.82) is 0 Å². The zero-order valence-corrected chi connectivity index (χ0v) is 12.4. The summed E-state index contributed by atoms with van der Waals surface area (Å²) in [6, 6.07) is -0.0452. The lowest BCUT2D eigenvalue weighted by atomic mass is 9.81. The molecule has 5 heteroatoms. The summed E-state index contributed by atoms with van der Waals surface area (Å²) < 4.78 is 0. The number of hydrogen-bond acceptors (Lipinski definition) is 3. The molecule has 0 aromatic heterocycles. The van der Waals surface area contributed by atoms with Gasteiger partial charge in [0.05, 0.1) is 11.3 Å². The first-order valence-electron chi connectivity index (χ1n) is 7.72. The van der Waals surface area contributed by atoms with Crippen LogP contribution in [0, 0.1) is 23.2 Å². The maximum Gasteiger partial charge on any atom is 0.311 e. The third-order valence-corrected chi connectivity index (χ3v) is 5.69. The Morgan fingerprint density at radius 3 is 2.30 bits per heavy atom. The molecule has 0 aromatic rings. The molecule has 2 saturated carbocycles. The van der Waals surface area contributed by atoms with Gasteiger partial charge in [0, 0.05) is 12.6 Å². The fourth-order valence-corrected chi connectivity index (χ4v) is 3.98. The van der Waals surface area contributed by atoms with Crippen LogP contribution >= 0.6 is 0 Å². The number of carboxylic acids is 1. The van der Waals surface area contributed by atoms with E-state index in [1.807, 2.05) is 13.8 Å². The Kier molecular flexibility index (Phi) is 4.37. The Labute approximate surface area is 120 Å². The van der Waals surface area contributed by atoms with Gasteiger partial charge in [-0.15, -0.1) is 0 Å². The number of hydrogen-bond donors (Lipinski definition) is 3. The van der Waals surface area contributed by atoms with E-state index in [-0.39, 0.29) is 24.4 Å². The number of nitrogens with two attached hydrogens (primary N) is 1. The summed E-state index contributed by atoms with van der Waals surface area (Å²) in [5.74, 6) is -0.110. The van der Waals surface area contributed by atoms with Gasteiger partial charge >= 0.3 is 5.97 Å². The molecule has 2 aliphatic carbocycles. The van der Waals surface area contributed by atoms with Crippen molar-refractivity contribution in [1.82, 2.24) is 5.32 Å². The van der Waals surface area contributed by atoms with Crippen molar-refractivity contribution in [2.75, 3.05) is 6.54 Å². The van der Waals surface area contributed by atoms with E-state index in [0.29, 0.717) is 24.7 Å². The average Bonchev–Trinajstić information content (AvgIpc) is 3.00. The Morgan fingerprint density at radius 1 is 1.25 bits per heavy atom. The molecule has 0 heterocycles. The Bertz CT molecular complexity index is 391. The number of fused-ring (bicyclic) bond motifs is 2. The van der Waals surface area contributed by atoms with E-state index < -0.39 is 11.4 Å². The third kappa shape index (κ3) is 2.43. The van der Waals surface area contributed by atoms with Gasteiger partial charge in [-0.2, -0.15) is 0 Å². The summed E-state index contributed by atoms with van der Waals surface area (Å²) in [5, 5.41) is 12.2. The molecule has 2 aliphatic rings. The molecule has 0 spiro atoms. The molecular weight excluding hydrogens is 256 g/mol. The first-order chi connectivity index (χ1) is 9.45. The topological polar surface area (TPSA) is 92.4 Å². The molecular formula is C15H26N2O3. The van der Waals surface area contributed by atoms with Crippen LogP contribution in [-0.2, 0) is 9.59 Å². The number of carbonyl (C=O) groups excluding carboxylic acids is 1. The monoisotopic (exact) mass is 282 g/mol. The summed E-state index contributed by atoms with van der Waals surface area (Å²) in [6.45, 7) is 3.91. The van der Waals surface area contributed by atoms with Crippen LogP contribution in [-0.4, -0.2) is 29.6 Å². The number of aliphatic carboxylic acids is 1. The van der Waals surface area contributed by atoms with Gasteiger partial charge in [0.2, 0.25) is 5.91 Å². The second kappa shape index (κ2) is 5.72. The Hall–Kier alpha value is -1.10. The molecule has 5 nitrogen and oxygen atoms in total. The highest BCUT2D eigenvalue weighted by Crippen LogP contribution is 2.47. The van der Waals surface area contributed by atoms with E-state index in [1.165, 1.54) is 0 Å². The van der Waals surface area contributed by atoms with Crippen molar-refractivity contribution in [2.45, 2.75) is 52.0 Å².